The molecule has 3 rings (SSSR count). The molecule has 0 unspecified atom stereocenters. The molecule has 0 spiro atoms. The van der Waals surface area contributed by atoms with Gasteiger partial charge in [-0.15, -0.1) is 10.2 Å². The highest BCUT2D eigenvalue weighted by atomic mass is 35.5. The largest absolute Gasteiger partial charge is 0.383 e. The summed E-state index contributed by atoms with van der Waals surface area (Å²) in [5, 5.41) is 11.0. The van der Waals surface area contributed by atoms with Crippen LogP contribution < -0.4 is 0 Å². The Labute approximate surface area is 161 Å². The summed E-state index contributed by atoms with van der Waals surface area (Å²) in [7, 11) is 1.69. The number of methoxy groups -OCH3 is 1. The SMILES string of the molecule is COCCn1c(SCc2ccc(Cl)cc2)nnc1-c1ccc(Cl)cc1. The number of halogens is 2. The number of ether oxygens (including phenoxy) is 1. The number of aromatic nitrogens is 3. The first-order valence-electron chi connectivity index (χ1n) is 7.72. The van der Waals surface area contributed by atoms with Crippen LogP contribution in [0, 0.1) is 0 Å². The third kappa shape index (κ3) is 4.76. The van der Waals surface area contributed by atoms with Crippen LogP contribution >= 0.6 is 35.0 Å². The molecule has 0 saturated carbocycles. The number of thioether (sulfide) groups is 1. The van der Waals surface area contributed by atoms with Gasteiger partial charge in [0.05, 0.1) is 13.2 Å². The van der Waals surface area contributed by atoms with Gasteiger partial charge < -0.3 is 4.74 Å². The highest BCUT2D eigenvalue weighted by Gasteiger charge is 2.14. The fourth-order valence-electron chi connectivity index (χ4n) is 2.32. The van der Waals surface area contributed by atoms with Gasteiger partial charge in [0.2, 0.25) is 0 Å². The average Bonchev–Trinajstić information content (AvgIpc) is 3.03. The Morgan fingerprint density at radius 2 is 1.60 bits per heavy atom. The molecule has 3 aromatic rings. The van der Waals surface area contributed by atoms with Gasteiger partial charge in [0.25, 0.3) is 0 Å². The maximum absolute atomic E-state index is 5.98. The van der Waals surface area contributed by atoms with E-state index in [4.69, 9.17) is 27.9 Å². The van der Waals surface area contributed by atoms with E-state index in [1.807, 2.05) is 48.5 Å². The Morgan fingerprint density at radius 1 is 0.960 bits per heavy atom. The predicted molar refractivity (Wildman–Crippen MR) is 103 cm³/mol. The molecule has 0 aliphatic heterocycles. The summed E-state index contributed by atoms with van der Waals surface area (Å²) in [6, 6.07) is 15.4. The Kier molecular flexibility index (Phi) is 6.37. The molecule has 2 aromatic carbocycles. The van der Waals surface area contributed by atoms with Gasteiger partial charge in [-0.05, 0) is 42.0 Å². The molecule has 4 nitrogen and oxygen atoms in total. The molecular weight excluding hydrogens is 377 g/mol. The molecule has 0 bridgehead atoms. The van der Waals surface area contributed by atoms with E-state index >= 15 is 0 Å². The molecule has 1 heterocycles. The van der Waals surface area contributed by atoms with E-state index in [-0.39, 0.29) is 0 Å². The van der Waals surface area contributed by atoms with Gasteiger partial charge in [0.15, 0.2) is 11.0 Å². The molecule has 0 saturated heterocycles. The van der Waals surface area contributed by atoms with Gasteiger partial charge in [0, 0.05) is 28.5 Å². The van der Waals surface area contributed by atoms with Gasteiger partial charge in [-0.25, -0.2) is 0 Å². The molecule has 0 aliphatic carbocycles. The zero-order valence-electron chi connectivity index (χ0n) is 13.7. The third-order valence-electron chi connectivity index (χ3n) is 3.62. The first kappa shape index (κ1) is 18.3. The van der Waals surface area contributed by atoms with Crippen molar-refractivity contribution in [1.29, 1.82) is 0 Å². The van der Waals surface area contributed by atoms with Crippen LogP contribution in [0.5, 0.6) is 0 Å². The lowest BCUT2D eigenvalue weighted by Crippen LogP contribution is -2.07. The molecule has 0 atom stereocenters. The molecule has 0 radical (unpaired) electrons. The zero-order valence-corrected chi connectivity index (χ0v) is 16.0. The van der Waals surface area contributed by atoms with E-state index in [1.165, 1.54) is 5.56 Å². The van der Waals surface area contributed by atoms with Crippen molar-refractivity contribution in [2.24, 2.45) is 0 Å². The van der Waals surface area contributed by atoms with E-state index in [1.54, 1.807) is 18.9 Å². The van der Waals surface area contributed by atoms with Crippen LogP contribution in [0.1, 0.15) is 5.56 Å². The summed E-state index contributed by atoms with van der Waals surface area (Å²) in [6.07, 6.45) is 0. The second-order valence-electron chi connectivity index (χ2n) is 5.37. The summed E-state index contributed by atoms with van der Waals surface area (Å²) >= 11 is 13.6. The summed E-state index contributed by atoms with van der Waals surface area (Å²) in [5.41, 5.74) is 2.16. The number of rotatable bonds is 7. The Bertz CT molecular complexity index is 819. The summed E-state index contributed by atoms with van der Waals surface area (Å²) in [5.74, 6) is 1.61. The van der Waals surface area contributed by atoms with Crippen LogP contribution in [0.25, 0.3) is 11.4 Å². The second-order valence-corrected chi connectivity index (χ2v) is 7.19. The molecule has 0 fully saturated rings. The lowest BCUT2D eigenvalue weighted by Gasteiger charge is -2.10. The van der Waals surface area contributed by atoms with E-state index in [0.29, 0.717) is 18.2 Å². The monoisotopic (exact) mass is 393 g/mol. The van der Waals surface area contributed by atoms with Crippen molar-refractivity contribution >= 4 is 35.0 Å². The Morgan fingerprint density at radius 3 is 2.24 bits per heavy atom. The normalized spacial score (nSPS) is 11.0. The van der Waals surface area contributed by atoms with Crippen LogP contribution in [0.3, 0.4) is 0 Å². The minimum Gasteiger partial charge on any atom is -0.383 e. The van der Waals surface area contributed by atoms with Gasteiger partial charge in [-0.1, -0.05) is 47.1 Å². The lowest BCUT2D eigenvalue weighted by atomic mass is 10.2. The van der Waals surface area contributed by atoms with Crippen LogP contribution in [0.2, 0.25) is 10.0 Å². The van der Waals surface area contributed by atoms with Crippen molar-refractivity contribution in [3.63, 3.8) is 0 Å². The number of benzene rings is 2. The molecular formula is C18H17Cl2N3OS. The molecule has 130 valence electrons. The molecule has 0 aliphatic rings. The van der Waals surface area contributed by atoms with E-state index in [2.05, 4.69) is 14.8 Å². The molecule has 7 heteroatoms. The maximum atomic E-state index is 5.98. The highest BCUT2D eigenvalue weighted by Crippen LogP contribution is 2.27. The van der Waals surface area contributed by atoms with Gasteiger partial charge in [-0.3, -0.25) is 4.57 Å². The summed E-state index contributed by atoms with van der Waals surface area (Å²) in [6.45, 7) is 1.28. The Hall–Kier alpha value is -1.53. The van der Waals surface area contributed by atoms with Gasteiger partial charge >= 0.3 is 0 Å². The lowest BCUT2D eigenvalue weighted by molar-refractivity contribution is 0.185. The topological polar surface area (TPSA) is 39.9 Å². The summed E-state index contributed by atoms with van der Waals surface area (Å²) in [4.78, 5) is 0. The fraction of sp³-hybridized carbons (Fsp3) is 0.222. The standard InChI is InChI=1S/C18H17Cl2N3OS/c1-24-11-10-23-17(14-4-8-16(20)9-5-14)21-22-18(23)25-12-13-2-6-15(19)7-3-13/h2-9H,10-12H2,1H3. The van der Waals surface area contributed by atoms with Crippen LogP contribution in [0.4, 0.5) is 0 Å². The summed E-state index contributed by atoms with van der Waals surface area (Å²) < 4.78 is 7.31. The quantitative estimate of drug-likeness (QED) is 0.517. The van der Waals surface area contributed by atoms with E-state index in [0.717, 1.165) is 27.3 Å². The smallest absolute Gasteiger partial charge is 0.191 e. The minimum absolute atomic E-state index is 0.590. The number of hydrogen-bond acceptors (Lipinski definition) is 4. The predicted octanol–water partition coefficient (Wildman–Crippen LogP) is 5.19. The van der Waals surface area contributed by atoms with Crippen molar-refractivity contribution in [1.82, 2.24) is 14.8 Å². The highest BCUT2D eigenvalue weighted by molar-refractivity contribution is 7.98. The van der Waals surface area contributed by atoms with Crippen molar-refractivity contribution in [3.8, 4) is 11.4 Å². The van der Waals surface area contributed by atoms with Crippen LogP contribution in [-0.4, -0.2) is 28.5 Å². The van der Waals surface area contributed by atoms with Crippen LogP contribution in [0.15, 0.2) is 53.7 Å². The number of hydrogen-bond donors (Lipinski definition) is 0. The third-order valence-corrected chi connectivity index (χ3v) is 5.16. The van der Waals surface area contributed by atoms with Crippen LogP contribution in [-0.2, 0) is 17.0 Å². The first-order chi connectivity index (χ1) is 12.2. The fourth-order valence-corrected chi connectivity index (χ4v) is 3.49. The van der Waals surface area contributed by atoms with Crippen molar-refractivity contribution in [2.75, 3.05) is 13.7 Å². The second kappa shape index (κ2) is 8.72. The van der Waals surface area contributed by atoms with Crippen molar-refractivity contribution in [3.05, 3.63) is 64.1 Å². The molecule has 0 amide bonds. The van der Waals surface area contributed by atoms with Gasteiger partial charge in [0.1, 0.15) is 0 Å². The van der Waals surface area contributed by atoms with Gasteiger partial charge in [-0.2, -0.15) is 0 Å². The number of nitrogens with zero attached hydrogens (tertiary/aromatic N) is 3. The average molecular weight is 394 g/mol. The zero-order chi connectivity index (χ0) is 17.6. The first-order valence-corrected chi connectivity index (χ1v) is 9.47. The minimum atomic E-state index is 0.590. The molecule has 25 heavy (non-hydrogen) atoms. The molecule has 0 N–H and O–H groups in total. The maximum Gasteiger partial charge on any atom is 0.191 e. The molecule has 1 aromatic heterocycles. The van der Waals surface area contributed by atoms with Crippen molar-refractivity contribution < 1.29 is 4.74 Å². The van der Waals surface area contributed by atoms with E-state index < -0.39 is 0 Å². The Balaban J connectivity index is 1.82. The van der Waals surface area contributed by atoms with Crippen molar-refractivity contribution in [2.45, 2.75) is 17.5 Å². The van der Waals surface area contributed by atoms with E-state index in [9.17, 15) is 0 Å².